The van der Waals surface area contributed by atoms with E-state index in [1.54, 1.807) is 17.5 Å². The molecule has 1 atom stereocenters. The summed E-state index contributed by atoms with van der Waals surface area (Å²) in [4.78, 5) is 31.4. The van der Waals surface area contributed by atoms with Crippen LogP contribution in [-0.2, 0) is 11.0 Å². The second-order valence-corrected chi connectivity index (χ2v) is 7.64. The van der Waals surface area contributed by atoms with Gasteiger partial charge in [0.1, 0.15) is 18.7 Å². The maximum atomic E-state index is 13.2. The number of amides is 2. The zero-order chi connectivity index (χ0) is 21.3. The van der Waals surface area contributed by atoms with Gasteiger partial charge in [0.05, 0.1) is 21.8 Å². The van der Waals surface area contributed by atoms with Crippen LogP contribution >= 0.6 is 11.3 Å². The zero-order valence-corrected chi connectivity index (χ0v) is 16.3. The minimum absolute atomic E-state index is 0.0595. The second-order valence-electron chi connectivity index (χ2n) is 6.69. The molecule has 0 bridgehead atoms. The summed E-state index contributed by atoms with van der Waals surface area (Å²) >= 11 is 1.27. The van der Waals surface area contributed by atoms with Crippen molar-refractivity contribution in [2.45, 2.75) is 25.1 Å². The summed E-state index contributed by atoms with van der Waals surface area (Å²) in [5.41, 5.74) is -0.724. The molecule has 2 aromatic heterocycles. The van der Waals surface area contributed by atoms with Gasteiger partial charge < -0.3 is 10.2 Å². The molecular formula is C19H16F3N5O2S. The average molecular weight is 435 g/mol. The highest BCUT2D eigenvalue weighted by atomic mass is 32.1. The number of likely N-dealkylation sites (tertiary alicyclic amines) is 1. The van der Waals surface area contributed by atoms with E-state index in [4.69, 9.17) is 0 Å². The molecule has 1 aliphatic rings. The Morgan fingerprint density at radius 1 is 1.23 bits per heavy atom. The van der Waals surface area contributed by atoms with Crippen molar-refractivity contribution < 1.29 is 22.8 Å². The quantitative estimate of drug-likeness (QED) is 0.679. The van der Waals surface area contributed by atoms with Crippen LogP contribution in [0.15, 0.2) is 48.4 Å². The van der Waals surface area contributed by atoms with E-state index in [-0.39, 0.29) is 17.3 Å². The van der Waals surface area contributed by atoms with Crippen LogP contribution in [0.25, 0.3) is 5.69 Å². The van der Waals surface area contributed by atoms with E-state index in [2.05, 4.69) is 15.4 Å². The van der Waals surface area contributed by atoms with Gasteiger partial charge >= 0.3 is 6.18 Å². The van der Waals surface area contributed by atoms with Crippen LogP contribution in [0.1, 0.15) is 28.1 Å². The Hall–Kier alpha value is -3.21. The standard InChI is InChI=1S/C19H16F3N5O2S/c20-19(21,22)12-5-6-14(27-11-23-10-24-27)13(9-12)25-17(28)15-3-1-7-26(15)18(29)16-4-2-8-30-16/h2,4-6,8-11,15H,1,3,7H2,(H,25,28)/t15-/m0/s1. The molecule has 0 radical (unpaired) electrons. The topological polar surface area (TPSA) is 80.1 Å². The summed E-state index contributed by atoms with van der Waals surface area (Å²) < 4.78 is 40.9. The molecule has 11 heteroatoms. The molecule has 1 aliphatic heterocycles. The lowest BCUT2D eigenvalue weighted by Crippen LogP contribution is -2.43. The fourth-order valence-electron chi connectivity index (χ4n) is 3.39. The van der Waals surface area contributed by atoms with E-state index in [0.29, 0.717) is 24.3 Å². The van der Waals surface area contributed by atoms with E-state index in [1.165, 1.54) is 39.6 Å². The average Bonchev–Trinajstić information content (AvgIpc) is 3.49. The monoisotopic (exact) mass is 435 g/mol. The Labute approximate surface area is 173 Å². The molecule has 0 unspecified atom stereocenters. The molecule has 156 valence electrons. The van der Waals surface area contributed by atoms with Crippen LogP contribution in [0.2, 0.25) is 0 Å². The number of alkyl halides is 3. The molecule has 30 heavy (non-hydrogen) atoms. The molecule has 1 N–H and O–H groups in total. The fraction of sp³-hybridized carbons (Fsp3) is 0.263. The molecule has 1 fully saturated rings. The summed E-state index contributed by atoms with van der Waals surface area (Å²) in [5, 5.41) is 8.27. The first-order valence-electron chi connectivity index (χ1n) is 9.06. The summed E-state index contributed by atoms with van der Waals surface area (Å²) in [6.45, 7) is 0.410. The zero-order valence-electron chi connectivity index (χ0n) is 15.5. The molecule has 1 aromatic carbocycles. The molecule has 4 rings (SSSR count). The Kier molecular flexibility index (Phi) is 5.29. The largest absolute Gasteiger partial charge is 0.416 e. The maximum absolute atomic E-state index is 13.2. The minimum Gasteiger partial charge on any atom is -0.326 e. The third kappa shape index (κ3) is 3.92. The predicted octanol–water partition coefficient (Wildman–Crippen LogP) is 3.59. The lowest BCUT2D eigenvalue weighted by atomic mass is 10.1. The number of hydrogen-bond acceptors (Lipinski definition) is 5. The van der Waals surface area contributed by atoms with Gasteiger partial charge in [-0.1, -0.05) is 6.07 Å². The lowest BCUT2D eigenvalue weighted by molar-refractivity contribution is -0.137. The number of benzene rings is 1. The van der Waals surface area contributed by atoms with Crippen molar-refractivity contribution >= 4 is 28.8 Å². The van der Waals surface area contributed by atoms with Gasteiger partial charge in [0, 0.05) is 6.54 Å². The van der Waals surface area contributed by atoms with Crippen LogP contribution in [0.3, 0.4) is 0 Å². The van der Waals surface area contributed by atoms with Crippen molar-refractivity contribution in [2.24, 2.45) is 0 Å². The van der Waals surface area contributed by atoms with Crippen molar-refractivity contribution in [2.75, 3.05) is 11.9 Å². The Morgan fingerprint density at radius 2 is 2.07 bits per heavy atom. The molecule has 7 nitrogen and oxygen atoms in total. The third-order valence-corrected chi connectivity index (χ3v) is 5.65. The highest BCUT2D eigenvalue weighted by molar-refractivity contribution is 7.12. The Balaban J connectivity index is 1.62. The second kappa shape index (κ2) is 7.90. The maximum Gasteiger partial charge on any atom is 0.416 e. The van der Waals surface area contributed by atoms with Crippen molar-refractivity contribution in [1.29, 1.82) is 0 Å². The predicted molar refractivity (Wildman–Crippen MR) is 103 cm³/mol. The van der Waals surface area contributed by atoms with Gasteiger partial charge in [0.2, 0.25) is 5.91 Å². The van der Waals surface area contributed by atoms with Crippen LogP contribution in [0, 0.1) is 0 Å². The van der Waals surface area contributed by atoms with Crippen molar-refractivity contribution in [3.63, 3.8) is 0 Å². The molecule has 3 aromatic rings. The fourth-order valence-corrected chi connectivity index (χ4v) is 4.06. The number of carbonyl (C=O) groups is 2. The van der Waals surface area contributed by atoms with E-state index < -0.39 is 23.7 Å². The number of anilines is 1. The van der Waals surface area contributed by atoms with Crippen LogP contribution in [0.4, 0.5) is 18.9 Å². The van der Waals surface area contributed by atoms with Crippen LogP contribution < -0.4 is 5.32 Å². The van der Waals surface area contributed by atoms with Crippen molar-refractivity contribution in [3.8, 4) is 5.69 Å². The van der Waals surface area contributed by atoms with E-state index in [0.717, 1.165) is 12.1 Å². The van der Waals surface area contributed by atoms with Gasteiger partial charge in [-0.3, -0.25) is 9.59 Å². The van der Waals surface area contributed by atoms with E-state index >= 15 is 0 Å². The number of thiophene rings is 1. The Bertz CT molecular complexity index is 1050. The number of aromatic nitrogens is 3. The molecule has 0 aliphatic carbocycles. The highest BCUT2D eigenvalue weighted by Crippen LogP contribution is 2.33. The van der Waals surface area contributed by atoms with Crippen LogP contribution in [0.5, 0.6) is 0 Å². The minimum atomic E-state index is -4.57. The first kappa shape index (κ1) is 20.1. The highest BCUT2D eigenvalue weighted by Gasteiger charge is 2.36. The van der Waals surface area contributed by atoms with Crippen LogP contribution in [-0.4, -0.2) is 44.1 Å². The number of halogens is 3. The first-order chi connectivity index (χ1) is 14.3. The van der Waals surface area contributed by atoms with Gasteiger partial charge in [-0.15, -0.1) is 11.3 Å². The lowest BCUT2D eigenvalue weighted by Gasteiger charge is -2.24. The van der Waals surface area contributed by atoms with Crippen molar-refractivity contribution in [1.82, 2.24) is 19.7 Å². The Morgan fingerprint density at radius 3 is 2.73 bits per heavy atom. The number of rotatable bonds is 4. The normalized spacial score (nSPS) is 16.6. The van der Waals surface area contributed by atoms with Gasteiger partial charge in [-0.25, -0.2) is 9.67 Å². The van der Waals surface area contributed by atoms with E-state index in [9.17, 15) is 22.8 Å². The summed E-state index contributed by atoms with van der Waals surface area (Å²) in [6.07, 6.45) is -0.953. The van der Waals surface area contributed by atoms with Gasteiger partial charge in [0.25, 0.3) is 5.91 Å². The molecule has 1 saturated heterocycles. The van der Waals surface area contributed by atoms with Gasteiger partial charge in [-0.05, 0) is 42.5 Å². The number of carbonyl (C=O) groups excluding carboxylic acids is 2. The third-order valence-electron chi connectivity index (χ3n) is 4.80. The van der Waals surface area contributed by atoms with Gasteiger partial charge in [-0.2, -0.15) is 18.3 Å². The molecular weight excluding hydrogens is 419 g/mol. The summed E-state index contributed by atoms with van der Waals surface area (Å²) in [7, 11) is 0. The smallest absolute Gasteiger partial charge is 0.326 e. The SMILES string of the molecule is O=C(Nc1cc(C(F)(F)F)ccc1-n1cncn1)[C@@H]1CCCN1C(=O)c1cccs1. The number of nitrogens with one attached hydrogen (secondary N) is 1. The molecule has 3 heterocycles. The molecule has 0 spiro atoms. The summed E-state index contributed by atoms with van der Waals surface area (Å²) in [6, 6.07) is 5.64. The molecule has 2 amide bonds. The first-order valence-corrected chi connectivity index (χ1v) is 9.94. The van der Waals surface area contributed by atoms with Crippen molar-refractivity contribution in [3.05, 3.63) is 58.8 Å². The van der Waals surface area contributed by atoms with Gasteiger partial charge in [0.15, 0.2) is 0 Å². The molecule has 0 saturated carbocycles. The number of hydrogen-bond donors (Lipinski definition) is 1. The number of nitrogens with zero attached hydrogens (tertiary/aromatic N) is 4. The summed E-state index contributed by atoms with van der Waals surface area (Å²) in [5.74, 6) is -0.804. The van der Waals surface area contributed by atoms with E-state index in [1.807, 2.05) is 0 Å².